The predicted molar refractivity (Wildman–Crippen MR) is 134 cm³/mol. The van der Waals surface area contributed by atoms with Crippen molar-refractivity contribution < 1.29 is 24.0 Å². The predicted octanol–water partition coefficient (Wildman–Crippen LogP) is 5.84. The van der Waals surface area contributed by atoms with Gasteiger partial charge in [-0.2, -0.15) is 0 Å². The Kier molecular flexibility index (Phi) is 7.11. The van der Waals surface area contributed by atoms with Crippen LogP contribution in [0.15, 0.2) is 97.1 Å². The Morgan fingerprint density at radius 3 is 2.00 bits per heavy atom. The molecule has 0 N–H and O–H groups in total. The molecule has 0 atom stereocenters. The first-order chi connectivity index (χ1) is 17.3. The number of Topliss-reactive ketones (excluding diaryl/α,β-unsaturated/α-hetero) is 1. The summed E-state index contributed by atoms with van der Waals surface area (Å²) in [6.07, 6.45) is 0. The van der Waals surface area contributed by atoms with Gasteiger partial charge in [0.05, 0.1) is 10.5 Å². The largest absolute Gasteiger partial charge is 0.454 e. The number of hydrogen-bond donors (Lipinski definition) is 0. The molecular formula is C29H21NO6. The minimum atomic E-state index is -0.838. The maximum absolute atomic E-state index is 13.2. The molecule has 0 radical (unpaired) electrons. The second kappa shape index (κ2) is 10.6. The average Bonchev–Trinajstić information content (AvgIpc) is 2.91. The van der Waals surface area contributed by atoms with Crippen molar-refractivity contribution in [1.29, 1.82) is 0 Å². The van der Waals surface area contributed by atoms with Crippen molar-refractivity contribution in [3.63, 3.8) is 0 Å². The zero-order valence-electron chi connectivity index (χ0n) is 19.3. The molecule has 0 spiro atoms. The Morgan fingerprint density at radius 1 is 0.750 bits per heavy atom. The highest BCUT2D eigenvalue weighted by molar-refractivity contribution is 6.14. The number of ketones is 2. The summed E-state index contributed by atoms with van der Waals surface area (Å²) >= 11 is 0. The van der Waals surface area contributed by atoms with Crippen LogP contribution >= 0.6 is 0 Å². The van der Waals surface area contributed by atoms with Gasteiger partial charge in [0, 0.05) is 28.3 Å². The van der Waals surface area contributed by atoms with E-state index >= 15 is 0 Å². The maximum atomic E-state index is 13.2. The van der Waals surface area contributed by atoms with Gasteiger partial charge in [-0.3, -0.25) is 19.7 Å². The lowest BCUT2D eigenvalue weighted by atomic mass is 9.96. The molecule has 4 aromatic carbocycles. The average molecular weight is 479 g/mol. The third kappa shape index (κ3) is 5.26. The first kappa shape index (κ1) is 24.2. The van der Waals surface area contributed by atoms with E-state index in [0.717, 1.165) is 17.2 Å². The molecule has 7 nitrogen and oxygen atoms in total. The molecular weight excluding hydrogens is 458 g/mol. The van der Waals surface area contributed by atoms with E-state index < -0.39 is 23.3 Å². The van der Waals surface area contributed by atoms with Crippen molar-refractivity contribution in [2.24, 2.45) is 0 Å². The van der Waals surface area contributed by atoms with Gasteiger partial charge in [0.1, 0.15) is 0 Å². The van der Waals surface area contributed by atoms with Crippen molar-refractivity contribution in [2.45, 2.75) is 6.92 Å². The molecule has 0 saturated heterocycles. The third-order valence-electron chi connectivity index (χ3n) is 5.71. The van der Waals surface area contributed by atoms with E-state index in [-0.39, 0.29) is 28.2 Å². The van der Waals surface area contributed by atoms with E-state index in [2.05, 4.69) is 0 Å². The number of rotatable bonds is 8. The van der Waals surface area contributed by atoms with Gasteiger partial charge in [0.2, 0.25) is 5.78 Å². The molecule has 0 fully saturated rings. The lowest BCUT2D eigenvalue weighted by molar-refractivity contribution is -0.385. The van der Waals surface area contributed by atoms with Crippen molar-refractivity contribution in [2.75, 3.05) is 6.61 Å². The molecule has 0 aliphatic carbocycles. The van der Waals surface area contributed by atoms with E-state index in [0.29, 0.717) is 11.1 Å². The van der Waals surface area contributed by atoms with Crippen LogP contribution in [-0.4, -0.2) is 29.1 Å². The smallest absolute Gasteiger partial charge is 0.339 e. The molecule has 36 heavy (non-hydrogen) atoms. The summed E-state index contributed by atoms with van der Waals surface area (Å²) in [5.74, 6) is -1.79. The normalized spacial score (nSPS) is 10.5. The molecule has 0 aromatic heterocycles. The van der Waals surface area contributed by atoms with Crippen molar-refractivity contribution >= 4 is 23.2 Å². The van der Waals surface area contributed by atoms with Crippen molar-refractivity contribution in [1.82, 2.24) is 0 Å². The highest BCUT2D eigenvalue weighted by Gasteiger charge is 2.21. The topological polar surface area (TPSA) is 104 Å². The van der Waals surface area contributed by atoms with Crippen LogP contribution in [0.5, 0.6) is 0 Å². The number of benzene rings is 4. The van der Waals surface area contributed by atoms with Crippen molar-refractivity contribution in [3.8, 4) is 11.1 Å². The molecule has 0 aliphatic rings. The summed E-state index contributed by atoms with van der Waals surface area (Å²) in [6.45, 7) is 0.947. The fourth-order valence-electron chi connectivity index (χ4n) is 3.73. The maximum Gasteiger partial charge on any atom is 0.339 e. The molecule has 178 valence electrons. The summed E-state index contributed by atoms with van der Waals surface area (Å²) in [5.41, 5.74) is 2.82. The van der Waals surface area contributed by atoms with Crippen LogP contribution in [0.25, 0.3) is 11.1 Å². The molecule has 0 amide bonds. The van der Waals surface area contributed by atoms with E-state index in [4.69, 9.17) is 4.74 Å². The number of ether oxygens (including phenoxy) is 1. The number of carbonyl (C=O) groups is 3. The van der Waals surface area contributed by atoms with Crippen LogP contribution in [0.1, 0.15) is 42.2 Å². The second-order valence-electron chi connectivity index (χ2n) is 8.08. The Labute approximate surface area is 207 Å². The quantitative estimate of drug-likeness (QED) is 0.136. The van der Waals surface area contributed by atoms with Gasteiger partial charge in [0.25, 0.3) is 5.69 Å². The Morgan fingerprint density at radius 2 is 1.33 bits per heavy atom. The van der Waals surface area contributed by atoms with Crippen LogP contribution < -0.4 is 0 Å². The summed E-state index contributed by atoms with van der Waals surface area (Å²) in [7, 11) is 0. The van der Waals surface area contributed by atoms with Gasteiger partial charge in [-0.1, -0.05) is 84.9 Å². The second-order valence-corrected chi connectivity index (χ2v) is 8.08. The monoisotopic (exact) mass is 479 g/mol. The van der Waals surface area contributed by atoms with Crippen LogP contribution in [0.4, 0.5) is 5.69 Å². The molecule has 7 heteroatoms. The van der Waals surface area contributed by atoms with Gasteiger partial charge in [-0.05, 0) is 24.1 Å². The highest BCUT2D eigenvalue weighted by Crippen LogP contribution is 2.23. The van der Waals surface area contributed by atoms with Gasteiger partial charge in [-0.15, -0.1) is 0 Å². The number of nitro groups is 1. The SMILES string of the molecule is Cc1ccc(C(=O)COC(=O)c2ccccc2C(=O)c2ccc(-c3ccccc3)cc2)cc1[N+](=O)[O-]. The van der Waals surface area contributed by atoms with Gasteiger partial charge >= 0.3 is 5.97 Å². The number of esters is 1. The van der Waals surface area contributed by atoms with Crippen LogP contribution in [0, 0.1) is 17.0 Å². The minimum Gasteiger partial charge on any atom is -0.454 e. The molecule has 4 rings (SSSR count). The molecule has 0 unspecified atom stereocenters. The van der Waals surface area contributed by atoms with Crippen LogP contribution in [0.3, 0.4) is 0 Å². The Bertz CT molecular complexity index is 1460. The van der Waals surface area contributed by atoms with Crippen LogP contribution in [0.2, 0.25) is 0 Å². The van der Waals surface area contributed by atoms with E-state index in [1.807, 2.05) is 42.5 Å². The summed E-state index contributed by atoms with van der Waals surface area (Å²) in [6, 6.07) is 27.1. The molecule has 0 bridgehead atoms. The zero-order chi connectivity index (χ0) is 25.7. The zero-order valence-corrected chi connectivity index (χ0v) is 19.3. The first-order valence-electron chi connectivity index (χ1n) is 11.1. The summed E-state index contributed by atoms with van der Waals surface area (Å²) in [4.78, 5) is 49.0. The first-order valence-corrected chi connectivity index (χ1v) is 11.1. The fourth-order valence-corrected chi connectivity index (χ4v) is 3.73. The number of hydrogen-bond acceptors (Lipinski definition) is 6. The van der Waals surface area contributed by atoms with Gasteiger partial charge < -0.3 is 4.74 Å². The minimum absolute atomic E-state index is 0.0253. The molecule has 0 saturated carbocycles. The molecule has 0 aliphatic heterocycles. The summed E-state index contributed by atoms with van der Waals surface area (Å²) in [5, 5.41) is 11.1. The van der Waals surface area contributed by atoms with E-state index in [9.17, 15) is 24.5 Å². The number of carbonyl (C=O) groups excluding carboxylic acids is 3. The number of nitrogens with zero attached hydrogens (tertiary/aromatic N) is 1. The summed E-state index contributed by atoms with van der Waals surface area (Å²) < 4.78 is 5.17. The fraction of sp³-hybridized carbons (Fsp3) is 0.0690. The Balaban J connectivity index is 1.49. The number of nitro benzene ring substituents is 1. The van der Waals surface area contributed by atoms with Crippen LogP contribution in [-0.2, 0) is 4.74 Å². The van der Waals surface area contributed by atoms with E-state index in [1.165, 1.54) is 24.3 Å². The lowest BCUT2D eigenvalue weighted by Gasteiger charge is -2.10. The third-order valence-corrected chi connectivity index (χ3v) is 5.71. The molecule has 0 heterocycles. The lowest BCUT2D eigenvalue weighted by Crippen LogP contribution is -2.17. The van der Waals surface area contributed by atoms with Gasteiger partial charge in [0.15, 0.2) is 12.4 Å². The van der Waals surface area contributed by atoms with E-state index in [1.54, 1.807) is 31.2 Å². The number of aryl methyl sites for hydroxylation is 1. The molecule has 4 aromatic rings. The standard InChI is InChI=1S/C29H21NO6/c1-19-11-12-23(17-26(19)30(34)35)27(31)18-36-29(33)25-10-6-5-9-24(25)28(32)22-15-13-21(14-16-22)20-7-3-2-4-8-20/h2-17H,18H2,1H3. The van der Waals surface area contributed by atoms with Gasteiger partial charge in [-0.25, -0.2) is 4.79 Å². The Hall–Kier alpha value is -4.91. The highest BCUT2D eigenvalue weighted by atomic mass is 16.6. The van der Waals surface area contributed by atoms with Crippen molar-refractivity contribution in [3.05, 3.63) is 135 Å².